The van der Waals surface area contributed by atoms with E-state index in [4.69, 9.17) is 9.26 Å². The molecule has 0 bridgehead atoms. The SMILES string of the molecule is c1ccc(OCc2ccc(-c3noc(C4CC45CCNC5)n3)cc2)cc1. The van der Waals surface area contributed by atoms with Gasteiger partial charge in [0.2, 0.25) is 11.7 Å². The van der Waals surface area contributed by atoms with Crippen LogP contribution in [0.5, 0.6) is 5.75 Å². The fourth-order valence-corrected chi connectivity index (χ4v) is 3.86. The average Bonchev–Trinajstić information content (AvgIpc) is 3.04. The van der Waals surface area contributed by atoms with E-state index in [1.54, 1.807) is 0 Å². The van der Waals surface area contributed by atoms with Crippen LogP contribution in [0.1, 0.15) is 30.2 Å². The molecule has 26 heavy (non-hydrogen) atoms. The van der Waals surface area contributed by atoms with E-state index in [0.717, 1.165) is 42.3 Å². The van der Waals surface area contributed by atoms with Gasteiger partial charge in [0.05, 0.1) is 0 Å². The molecule has 1 saturated heterocycles. The zero-order chi connectivity index (χ0) is 17.4. The Hall–Kier alpha value is -2.66. The lowest BCUT2D eigenvalue weighted by Gasteiger charge is -2.06. The zero-order valence-electron chi connectivity index (χ0n) is 14.5. The third-order valence-corrected chi connectivity index (χ3v) is 5.57. The van der Waals surface area contributed by atoms with Gasteiger partial charge >= 0.3 is 0 Å². The summed E-state index contributed by atoms with van der Waals surface area (Å²) in [6.45, 7) is 2.72. The first kappa shape index (κ1) is 15.6. The van der Waals surface area contributed by atoms with Crippen molar-refractivity contribution in [2.24, 2.45) is 5.41 Å². The number of aromatic nitrogens is 2. The van der Waals surface area contributed by atoms with Crippen molar-refractivity contribution in [2.75, 3.05) is 13.1 Å². The first-order valence-electron chi connectivity index (χ1n) is 9.14. The smallest absolute Gasteiger partial charge is 0.230 e. The molecule has 2 unspecified atom stereocenters. The molecule has 1 aliphatic carbocycles. The van der Waals surface area contributed by atoms with E-state index in [-0.39, 0.29) is 0 Å². The van der Waals surface area contributed by atoms with Crippen molar-refractivity contribution in [3.8, 4) is 17.1 Å². The van der Waals surface area contributed by atoms with Crippen LogP contribution in [0.15, 0.2) is 59.1 Å². The lowest BCUT2D eigenvalue weighted by molar-refractivity contribution is 0.306. The normalized spacial score (nSPS) is 24.1. The maximum atomic E-state index is 5.78. The Morgan fingerprint density at radius 2 is 1.96 bits per heavy atom. The highest BCUT2D eigenvalue weighted by Gasteiger charge is 2.58. The quantitative estimate of drug-likeness (QED) is 0.761. The van der Waals surface area contributed by atoms with Gasteiger partial charge < -0.3 is 14.6 Å². The molecule has 0 radical (unpaired) electrons. The monoisotopic (exact) mass is 347 g/mol. The molecule has 1 aliphatic heterocycles. The Morgan fingerprint density at radius 3 is 2.73 bits per heavy atom. The van der Waals surface area contributed by atoms with Crippen molar-refractivity contribution in [2.45, 2.75) is 25.4 Å². The van der Waals surface area contributed by atoms with Crippen LogP contribution in [0.3, 0.4) is 0 Å². The van der Waals surface area contributed by atoms with Crippen molar-refractivity contribution in [1.29, 1.82) is 0 Å². The second-order valence-electron chi connectivity index (χ2n) is 7.30. The van der Waals surface area contributed by atoms with Gasteiger partial charge in [0, 0.05) is 18.0 Å². The van der Waals surface area contributed by atoms with Crippen molar-refractivity contribution >= 4 is 0 Å². The minimum absolute atomic E-state index is 0.377. The highest BCUT2D eigenvalue weighted by molar-refractivity contribution is 5.54. The standard InChI is InChI=1S/C21H21N3O2/c1-2-4-17(5-3-1)25-13-15-6-8-16(9-7-15)19-23-20(26-24-19)18-12-21(18)10-11-22-14-21/h1-9,18,22H,10-14H2. The molecule has 2 aromatic carbocycles. The number of nitrogens with zero attached hydrogens (tertiary/aromatic N) is 2. The number of nitrogens with one attached hydrogen (secondary N) is 1. The van der Waals surface area contributed by atoms with Gasteiger partial charge in [0.25, 0.3) is 0 Å². The van der Waals surface area contributed by atoms with E-state index in [1.165, 1.54) is 6.42 Å². The molecule has 2 atom stereocenters. The molecule has 132 valence electrons. The van der Waals surface area contributed by atoms with E-state index in [1.807, 2.05) is 54.6 Å². The van der Waals surface area contributed by atoms with Crippen molar-refractivity contribution in [3.05, 3.63) is 66.1 Å². The van der Waals surface area contributed by atoms with Crippen LogP contribution >= 0.6 is 0 Å². The Balaban J connectivity index is 1.25. The lowest BCUT2D eigenvalue weighted by Crippen LogP contribution is -2.10. The Labute approximate surface area is 152 Å². The topological polar surface area (TPSA) is 60.2 Å². The predicted molar refractivity (Wildman–Crippen MR) is 97.8 cm³/mol. The minimum Gasteiger partial charge on any atom is -0.489 e. The van der Waals surface area contributed by atoms with Gasteiger partial charge in [-0.25, -0.2) is 0 Å². The van der Waals surface area contributed by atoms with E-state index in [2.05, 4.69) is 15.5 Å². The Bertz CT molecular complexity index is 883. The van der Waals surface area contributed by atoms with Crippen molar-refractivity contribution in [3.63, 3.8) is 0 Å². The molecule has 2 fully saturated rings. The zero-order valence-corrected chi connectivity index (χ0v) is 14.5. The first-order chi connectivity index (χ1) is 12.8. The molecule has 3 aromatic rings. The van der Waals surface area contributed by atoms with Crippen LogP contribution in [0.4, 0.5) is 0 Å². The van der Waals surface area contributed by atoms with Crippen molar-refractivity contribution < 1.29 is 9.26 Å². The van der Waals surface area contributed by atoms with Crippen LogP contribution in [-0.2, 0) is 6.61 Å². The molecule has 1 aromatic heterocycles. The maximum absolute atomic E-state index is 5.78. The molecule has 1 spiro atoms. The molecule has 2 aliphatic rings. The fourth-order valence-electron chi connectivity index (χ4n) is 3.86. The second kappa shape index (κ2) is 6.25. The number of benzene rings is 2. The Kier molecular flexibility index (Phi) is 3.75. The molecule has 2 heterocycles. The highest BCUT2D eigenvalue weighted by atomic mass is 16.5. The summed E-state index contributed by atoms with van der Waals surface area (Å²) in [5.41, 5.74) is 2.46. The van der Waals surface area contributed by atoms with Gasteiger partial charge in [-0.15, -0.1) is 0 Å². The summed E-state index contributed by atoms with van der Waals surface area (Å²) in [6.07, 6.45) is 2.38. The molecule has 5 nitrogen and oxygen atoms in total. The second-order valence-corrected chi connectivity index (χ2v) is 7.30. The maximum Gasteiger partial charge on any atom is 0.230 e. The number of ether oxygens (including phenoxy) is 1. The van der Waals surface area contributed by atoms with Gasteiger partial charge in [-0.1, -0.05) is 47.6 Å². The fraction of sp³-hybridized carbons (Fsp3) is 0.333. The van der Waals surface area contributed by atoms with Crippen LogP contribution in [-0.4, -0.2) is 23.2 Å². The summed E-state index contributed by atoms with van der Waals surface area (Å²) >= 11 is 0. The van der Waals surface area contributed by atoms with Gasteiger partial charge in [0.1, 0.15) is 12.4 Å². The van der Waals surface area contributed by atoms with Crippen LogP contribution in [0.25, 0.3) is 11.4 Å². The van der Waals surface area contributed by atoms with Crippen LogP contribution in [0, 0.1) is 5.41 Å². The molecular weight excluding hydrogens is 326 g/mol. The van der Waals surface area contributed by atoms with E-state index in [0.29, 0.717) is 23.8 Å². The number of hydrogen-bond acceptors (Lipinski definition) is 5. The summed E-state index contributed by atoms with van der Waals surface area (Å²) in [6, 6.07) is 18.0. The molecule has 1 N–H and O–H groups in total. The van der Waals surface area contributed by atoms with E-state index in [9.17, 15) is 0 Å². The predicted octanol–water partition coefficient (Wildman–Crippen LogP) is 3.78. The average molecular weight is 347 g/mol. The van der Waals surface area contributed by atoms with Crippen LogP contribution < -0.4 is 10.1 Å². The van der Waals surface area contributed by atoms with Gasteiger partial charge in [0.15, 0.2) is 0 Å². The minimum atomic E-state index is 0.377. The molecular formula is C21H21N3O2. The lowest BCUT2D eigenvalue weighted by atomic mass is 10.0. The first-order valence-corrected chi connectivity index (χ1v) is 9.14. The van der Waals surface area contributed by atoms with Crippen molar-refractivity contribution in [1.82, 2.24) is 15.5 Å². The summed E-state index contributed by atoms with van der Waals surface area (Å²) in [5, 5.41) is 7.63. The number of para-hydroxylation sites is 1. The molecule has 1 saturated carbocycles. The van der Waals surface area contributed by atoms with E-state index >= 15 is 0 Å². The van der Waals surface area contributed by atoms with Gasteiger partial charge in [-0.2, -0.15) is 4.98 Å². The van der Waals surface area contributed by atoms with Gasteiger partial charge in [-0.3, -0.25) is 0 Å². The highest BCUT2D eigenvalue weighted by Crippen LogP contribution is 2.62. The molecule has 0 amide bonds. The number of rotatable bonds is 5. The molecule has 5 rings (SSSR count). The van der Waals surface area contributed by atoms with E-state index < -0.39 is 0 Å². The van der Waals surface area contributed by atoms with Gasteiger partial charge in [-0.05, 0) is 42.5 Å². The summed E-state index contributed by atoms with van der Waals surface area (Å²) in [5.74, 6) is 2.76. The third kappa shape index (κ3) is 2.88. The largest absolute Gasteiger partial charge is 0.489 e. The summed E-state index contributed by atoms with van der Waals surface area (Å²) in [7, 11) is 0. The van der Waals surface area contributed by atoms with Crippen LogP contribution in [0.2, 0.25) is 0 Å². The number of hydrogen-bond donors (Lipinski definition) is 1. The third-order valence-electron chi connectivity index (χ3n) is 5.57. The summed E-state index contributed by atoms with van der Waals surface area (Å²) in [4.78, 5) is 4.65. The summed E-state index contributed by atoms with van der Waals surface area (Å²) < 4.78 is 11.3. The Morgan fingerprint density at radius 1 is 1.12 bits per heavy atom. The molecule has 5 heteroatoms.